The normalized spacial score (nSPS) is 15.4. The van der Waals surface area contributed by atoms with Gasteiger partial charge in [0.05, 0.1) is 0 Å². The molecule has 1 aromatic heterocycles. The fraction of sp³-hybridized carbons (Fsp3) is 0.812. The predicted molar refractivity (Wildman–Crippen MR) is 105 cm³/mol. The molecule has 132 valence electrons. The highest BCUT2D eigenvalue weighted by atomic mass is 127. The zero-order chi connectivity index (χ0) is 15.5. The molecule has 0 amide bonds. The standard InChI is InChI=1S/C16H30N6.HI/c1-17-16(19-11-6-9-15-7-2-3-8-15)18-10-4-5-12-22-13-20-21-14-22;/h13-15H,2-12H2,1H3,(H2,17,18,19);1H. The Morgan fingerprint density at radius 3 is 2.39 bits per heavy atom. The third-order valence-corrected chi connectivity index (χ3v) is 4.38. The van der Waals surface area contributed by atoms with Crippen LogP contribution in [0.1, 0.15) is 51.4 Å². The van der Waals surface area contributed by atoms with Gasteiger partial charge in [-0.15, -0.1) is 34.2 Å². The fourth-order valence-electron chi connectivity index (χ4n) is 3.08. The van der Waals surface area contributed by atoms with E-state index in [2.05, 4.69) is 25.8 Å². The van der Waals surface area contributed by atoms with Crippen LogP contribution in [-0.2, 0) is 6.54 Å². The average molecular weight is 434 g/mol. The van der Waals surface area contributed by atoms with Crippen LogP contribution in [0.5, 0.6) is 0 Å². The van der Waals surface area contributed by atoms with Gasteiger partial charge >= 0.3 is 0 Å². The molecule has 2 N–H and O–H groups in total. The highest BCUT2D eigenvalue weighted by molar-refractivity contribution is 14.0. The van der Waals surface area contributed by atoms with E-state index in [-0.39, 0.29) is 24.0 Å². The number of aliphatic imine (C=N–C) groups is 1. The van der Waals surface area contributed by atoms with Crippen molar-refractivity contribution in [1.29, 1.82) is 0 Å². The minimum Gasteiger partial charge on any atom is -0.356 e. The lowest BCUT2D eigenvalue weighted by Gasteiger charge is -2.13. The van der Waals surface area contributed by atoms with Crippen molar-refractivity contribution in [2.45, 2.75) is 57.9 Å². The van der Waals surface area contributed by atoms with Gasteiger partial charge in [0.1, 0.15) is 12.7 Å². The third kappa shape index (κ3) is 8.53. The van der Waals surface area contributed by atoms with Crippen LogP contribution < -0.4 is 10.6 Å². The summed E-state index contributed by atoms with van der Waals surface area (Å²) >= 11 is 0. The Morgan fingerprint density at radius 2 is 1.74 bits per heavy atom. The molecule has 1 saturated carbocycles. The maximum atomic E-state index is 4.27. The number of hydrogen-bond donors (Lipinski definition) is 2. The van der Waals surface area contributed by atoms with E-state index in [1.54, 1.807) is 12.7 Å². The first-order chi connectivity index (χ1) is 10.9. The summed E-state index contributed by atoms with van der Waals surface area (Å²) in [7, 11) is 1.84. The Labute approximate surface area is 157 Å². The van der Waals surface area contributed by atoms with Crippen LogP contribution in [0.4, 0.5) is 0 Å². The molecule has 7 heteroatoms. The molecular formula is C16H31IN6. The SMILES string of the molecule is CN=C(NCCCCn1cnnc1)NCCCC1CCCC1.I. The van der Waals surface area contributed by atoms with Gasteiger partial charge in [0, 0.05) is 26.7 Å². The molecule has 1 aliphatic carbocycles. The molecule has 1 heterocycles. The Balaban J connectivity index is 0.00000264. The molecule has 0 atom stereocenters. The highest BCUT2D eigenvalue weighted by Crippen LogP contribution is 2.28. The molecule has 0 aromatic carbocycles. The molecule has 6 nitrogen and oxygen atoms in total. The number of hydrogen-bond acceptors (Lipinski definition) is 3. The number of guanidine groups is 1. The lowest BCUT2D eigenvalue weighted by molar-refractivity contribution is 0.481. The summed E-state index contributed by atoms with van der Waals surface area (Å²) in [6, 6.07) is 0. The van der Waals surface area contributed by atoms with Crippen LogP contribution in [0.2, 0.25) is 0 Å². The van der Waals surface area contributed by atoms with Gasteiger partial charge < -0.3 is 15.2 Å². The van der Waals surface area contributed by atoms with Crippen LogP contribution in [0.15, 0.2) is 17.6 Å². The zero-order valence-electron chi connectivity index (χ0n) is 14.2. The number of aryl methyl sites for hydroxylation is 1. The molecule has 23 heavy (non-hydrogen) atoms. The molecule has 0 saturated heterocycles. The van der Waals surface area contributed by atoms with Gasteiger partial charge in [-0.3, -0.25) is 4.99 Å². The molecule has 2 rings (SSSR count). The maximum Gasteiger partial charge on any atom is 0.190 e. The van der Waals surface area contributed by atoms with Crippen molar-refractivity contribution in [3.63, 3.8) is 0 Å². The van der Waals surface area contributed by atoms with E-state index >= 15 is 0 Å². The molecule has 0 radical (unpaired) electrons. The first-order valence-corrected chi connectivity index (χ1v) is 8.65. The largest absolute Gasteiger partial charge is 0.356 e. The van der Waals surface area contributed by atoms with Crippen molar-refractivity contribution in [3.05, 3.63) is 12.7 Å². The number of unbranched alkanes of at least 4 members (excludes halogenated alkanes) is 1. The van der Waals surface area contributed by atoms with Crippen molar-refractivity contribution in [1.82, 2.24) is 25.4 Å². The van der Waals surface area contributed by atoms with E-state index in [1.807, 2.05) is 11.6 Å². The van der Waals surface area contributed by atoms with E-state index in [4.69, 9.17) is 0 Å². The summed E-state index contributed by atoms with van der Waals surface area (Å²) in [6.45, 7) is 2.95. The second kappa shape index (κ2) is 12.5. The smallest absolute Gasteiger partial charge is 0.190 e. The number of nitrogens with one attached hydrogen (secondary N) is 2. The van der Waals surface area contributed by atoms with Crippen LogP contribution >= 0.6 is 24.0 Å². The molecule has 0 unspecified atom stereocenters. The van der Waals surface area contributed by atoms with Gasteiger partial charge in [0.2, 0.25) is 0 Å². The maximum absolute atomic E-state index is 4.27. The monoisotopic (exact) mass is 434 g/mol. The first-order valence-electron chi connectivity index (χ1n) is 8.65. The van der Waals surface area contributed by atoms with Crippen molar-refractivity contribution in [2.24, 2.45) is 10.9 Å². The molecular weight excluding hydrogens is 403 g/mol. The van der Waals surface area contributed by atoms with Crippen LogP contribution in [0.3, 0.4) is 0 Å². The van der Waals surface area contributed by atoms with Crippen LogP contribution in [0.25, 0.3) is 0 Å². The Bertz CT molecular complexity index is 414. The number of halogens is 1. The Kier molecular flexibility index (Phi) is 11.0. The Hall–Kier alpha value is -0.860. The summed E-state index contributed by atoms with van der Waals surface area (Å²) in [4.78, 5) is 4.27. The van der Waals surface area contributed by atoms with Gasteiger partial charge in [0.25, 0.3) is 0 Å². The molecule has 0 aliphatic heterocycles. The van der Waals surface area contributed by atoms with Gasteiger partial charge in [-0.1, -0.05) is 25.7 Å². The molecule has 0 bridgehead atoms. The fourth-order valence-corrected chi connectivity index (χ4v) is 3.08. The van der Waals surface area contributed by atoms with E-state index in [9.17, 15) is 0 Å². The zero-order valence-corrected chi connectivity index (χ0v) is 16.5. The van der Waals surface area contributed by atoms with Crippen molar-refractivity contribution >= 4 is 29.9 Å². The van der Waals surface area contributed by atoms with E-state index in [0.717, 1.165) is 44.4 Å². The summed E-state index contributed by atoms with van der Waals surface area (Å²) in [5, 5.41) is 14.4. The summed E-state index contributed by atoms with van der Waals surface area (Å²) in [5.41, 5.74) is 0. The number of rotatable bonds is 9. The van der Waals surface area contributed by atoms with E-state index in [1.165, 1.54) is 38.5 Å². The van der Waals surface area contributed by atoms with Crippen LogP contribution in [-0.4, -0.2) is 40.9 Å². The molecule has 1 aliphatic rings. The van der Waals surface area contributed by atoms with Gasteiger partial charge in [-0.25, -0.2) is 0 Å². The Morgan fingerprint density at radius 1 is 1.09 bits per heavy atom. The average Bonchev–Trinajstić information content (AvgIpc) is 3.22. The topological polar surface area (TPSA) is 67.1 Å². The van der Waals surface area contributed by atoms with Gasteiger partial charge in [-0.2, -0.15) is 0 Å². The van der Waals surface area contributed by atoms with Gasteiger partial charge in [-0.05, 0) is 31.6 Å². The molecule has 0 spiro atoms. The van der Waals surface area contributed by atoms with Gasteiger partial charge in [0.15, 0.2) is 5.96 Å². The van der Waals surface area contributed by atoms with Crippen molar-refractivity contribution in [2.75, 3.05) is 20.1 Å². The number of nitrogens with zero attached hydrogens (tertiary/aromatic N) is 4. The number of aromatic nitrogens is 3. The quantitative estimate of drug-likeness (QED) is 0.272. The molecule has 1 fully saturated rings. The highest BCUT2D eigenvalue weighted by Gasteiger charge is 2.13. The second-order valence-corrected chi connectivity index (χ2v) is 6.13. The third-order valence-electron chi connectivity index (χ3n) is 4.38. The summed E-state index contributed by atoms with van der Waals surface area (Å²) < 4.78 is 2.01. The van der Waals surface area contributed by atoms with Crippen molar-refractivity contribution < 1.29 is 0 Å². The van der Waals surface area contributed by atoms with E-state index in [0.29, 0.717) is 0 Å². The predicted octanol–water partition coefficient (Wildman–Crippen LogP) is 2.81. The lowest BCUT2D eigenvalue weighted by Crippen LogP contribution is -2.38. The van der Waals surface area contributed by atoms with Crippen LogP contribution in [0, 0.1) is 5.92 Å². The molecule has 1 aromatic rings. The first kappa shape index (κ1) is 20.2. The minimum atomic E-state index is 0. The lowest BCUT2D eigenvalue weighted by atomic mass is 10.0. The van der Waals surface area contributed by atoms with E-state index < -0.39 is 0 Å². The summed E-state index contributed by atoms with van der Waals surface area (Å²) in [5.74, 6) is 1.91. The van der Waals surface area contributed by atoms with Crippen molar-refractivity contribution in [3.8, 4) is 0 Å². The minimum absolute atomic E-state index is 0. The summed E-state index contributed by atoms with van der Waals surface area (Å²) in [6.07, 6.45) is 14.1. The second-order valence-electron chi connectivity index (χ2n) is 6.13.